The van der Waals surface area contributed by atoms with Gasteiger partial charge >= 0.3 is 0 Å². The first-order valence-electron chi connectivity index (χ1n) is 4.64. The van der Waals surface area contributed by atoms with Gasteiger partial charge in [-0.3, -0.25) is 0 Å². The standard InChI is InChI=1S/C11H17NO/c1-3-10(12)7-9-5-4-6-11(8-9)13-2/h4-6,8,10H,3,7,12H2,1-2H3/t10-/m1/s1. The van der Waals surface area contributed by atoms with Crippen LogP contribution in [0.15, 0.2) is 24.3 Å². The lowest BCUT2D eigenvalue weighted by atomic mass is 10.0. The number of hydrogen-bond acceptors (Lipinski definition) is 2. The Bertz CT molecular complexity index is 260. The topological polar surface area (TPSA) is 35.2 Å². The van der Waals surface area contributed by atoms with Crippen molar-refractivity contribution in [1.82, 2.24) is 0 Å². The molecule has 1 atom stereocenters. The van der Waals surface area contributed by atoms with E-state index in [0.29, 0.717) is 0 Å². The summed E-state index contributed by atoms with van der Waals surface area (Å²) in [6.07, 6.45) is 1.94. The number of benzene rings is 1. The molecule has 0 heterocycles. The first-order valence-corrected chi connectivity index (χ1v) is 4.64. The van der Waals surface area contributed by atoms with Gasteiger partial charge in [-0.25, -0.2) is 0 Å². The zero-order valence-electron chi connectivity index (χ0n) is 8.29. The highest BCUT2D eigenvalue weighted by atomic mass is 16.5. The van der Waals surface area contributed by atoms with Gasteiger partial charge < -0.3 is 10.5 Å². The summed E-state index contributed by atoms with van der Waals surface area (Å²) in [7, 11) is 1.68. The van der Waals surface area contributed by atoms with Gasteiger partial charge in [-0.1, -0.05) is 19.1 Å². The molecule has 13 heavy (non-hydrogen) atoms. The molecular weight excluding hydrogens is 162 g/mol. The van der Waals surface area contributed by atoms with Crippen molar-refractivity contribution in [2.24, 2.45) is 5.73 Å². The Balaban J connectivity index is 2.66. The molecule has 2 heteroatoms. The van der Waals surface area contributed by atoms with E-state index in [1.54, 1.807) is 7.11 Å². The molecule has 0 unspecified atom stereocenters. The highest BCUT2D eigenvalue weighted by molar-refractivity contribution is 5.28. The molecule has 0 amide bonds. The average Bonchev–Trinajstić information content (AvgIpc) is 2.18. The third-order valence-electron chi connectivity index (χ3n) is 2.16. The number of hydrogen-bond donors (Lipinski definition) is 1. The number of ether oxygens (including phenoxy) is 1. The third kappa shape index (κ3) is 3.07. The molecule has 1 rings (SSSR count). The van der Waals surface area contributed by atoms with Gasteiger partial charge in [0.15, 0.2) is 0 Å². The van der Waals surface area contributed by atoms with Crippen LogP contribution in [0.1, 0.15) is 18.9 Å². The number of nitrogens with two attached hydrogens (primary N) is 1. The molecule has 0 fully saturated rings. The van der Waals surface area contributed by atoms with Crippen molar-refractivity contribution in [3.05, 3.63) is 29.8 Å². The van der Waals surface area contributed by atoms with Gasteiger partial charge in [-0.05, 0) is 30.5 Å². The molecule has 0 spiro atoms. The molecule has 0 saturated carbocycles. The van der Waals surface area contributed by atoms with E-state index in [9.17, 15) is 0 Å². The van der Waals surface area contributed by atoms with Crippen LogP contribution in [0.3, 0.4) is 0 Å². The van der Waals surface area contributed by atoms with E-state index in [4.69, 9.17) is 10.5 Å². The minimum atomic E-state index is 0.257. The van der Waals surface area contributed by atoms with E-state index in [1.165, 1.54) is 5.56 Å². The zero-order chi connectivity index (χ0) is 9.68. The van der Waals surface area contributed by atoms with E-state index in [1.807, 2.05) is 18.2 Å². The van der Waals surface area contributed by atoms with Crippen molar-refractivity contribution in [3.8, 4) is 5.75 Å². The molecule has 0 aliphatic heterocycles. The predicted molar refractivity (Wildman–Crippen MR) is 55.0 cm³/mol. The lowest BCUT2D eigenvalue weighted by molar-refractivity contribution is 0.414. The molecule has 0 bridgehead atoms. The van der Waals surface area contributed by atoms with E-state index in [0.717, 1.165) is 18.6 Å². The zero-order valence-corrected chi connectivity index (χ0v) is 8.29. The van der Waals surface area contributed by atoms with Crippen LogP contribution >= 0.6 is 0 Å². The Labute approximate surface area is 79.7 Å². The van der Waals surface area contributed by atoms with Crippen molar-refractivity contribution in [1.29, 1.82) is 0 Å². The van der Waals surface area contributed by atoms with Crippen LogP contribution in [0.4, 0.5) is 0 Å². The second kappa shape index (κ2) is 4.87. The summed E-state index contributed by atoms with van der Waals surface area (Å²) < 4.78 is 5.13. The quantitative estimate of drug-likeness (QED) is 0.767. The Morgan fingerprint density at radius 2 is 2.23 bits per heavy atom. The van der Waals surface area contributed by atoms with Crippen molar-refractivity contribution in [2.45, 2.75) is 25.8 Å². The van der Waals surface area contributed by atoms with Crippen LogP contribution in [0.2, 0.25) is 0 Å². The molecule has 0 saturated heterocycles. The second-order valence-corrected chi connectivity index (χ2v) is 3.22. The highest BCUT2D eigenvalue weighted by Crippen LogP contribution is 2.13. The van der Waals surface area contributed by atoms with E-state index >= 15 is 0 Å². The smallest absolute Gasteiger partial charge is 0.119 e. The van der Waals surface area contributed by atoms with Crippen molar-refractivity contribution in [2.75, 3.05) is 7.11 Å². The normalized spacial score (nSPS) is 12.5. The van der Waals surface area contributed by atoms with Crippen molar-refractivity contribution in [3.63, 3.8) is 0 Å². The minimum absolute atomic E-state index is 0.257. The van der Waals surface area contributed by atoms with Gasteiger partial charge in [0.05, 0.1) is 7.11 Å². The molecule has 2 nitrogen and oxygen atoms in total. The first kappa shape index (κ1) is 10.1. The maximum Gasteiger partial charge on any atom is 0.119 e. The molecule has 1 aromatic carbocycles. The Hall–Kier alpha value is -1.02. The molecular formula is C11H17NO. The summed E-state index contributed by atoms with van der Waals surface area (Å²) >= 11 is 0. The minimum Gasteiger partial charge on any atom is -0.497 e. The monoisotopic (exact) mass is 179 g/mol. The van der Waals surface area contributed by atoms with E-state index in [2.05, 4.69) is 13.0 Å². The molecule has 0 aliphatic carbocycles. The lowest BCUT2D eigenvalue weighted by Crippen LogP contribution is -2.21. The van der Waals surface area contributed by atoms with Gasteiger partial charge in [0.25, 0.3) is 0 Å². The average molecular weight is 179 g/mol. The van der Waals surface area contributed by atoms with Gasteiger partial charge in [0.1, 0.15) is 5.75 Å². The number of methoxy groups -OCH3 is 1. The van der Waals surface area contributed by atoms with Crippen LogP contribution in [-0.2, 0) is 6.42 Å². The SMILES string of the molecule is CC[C@@H](N)Cc1cccc(OC)c1. The summed E-state index contributed by atoms with van der Waals surface area (Å²) in [6, 6.07) is 8.32. The largest absolute Gasteiger partial charge is 0.497 e. The maximum absolute atomic E-state index is 5.86. The Kier molecular flexibility index (Phi) is 3.77. The summed E-state index contributed by atoms with van der Waals surface area (Å²) in [5, 5.41) is 0. The van der Waals surface area contributed by atoms with Crippen LogP contribution in [0, 0.1) is 0 Å². The molecule has 0 radical (unpaired) electrons. The Morgan fingerprint density at radius 1 is 1.46 bits per heavy atom. The molecule has 0 aromatic heterocycles. The third-order valence-corrected chi connectivity index (χ3v) is 2.16. The fourth-order valence-electron chi connectivity index (χ4n) is 1.25. The van der Waals surface area contributed by atoms with Crippen LogP contribution in [-0.4, -0.2) is 13.2 Å². The number of rotatable bonds is 4. The molecule has 72 valence electrons. The summed E-state index contributed by atoms with van der Waals surface area (Å²) in [5.41, 5.74) is 7.10. The van der Waals surface area contributed by atoms with Gasteiger partial charge in [0, 0.05) is 6.04 Å². The van der Waals surface area contributed by atoms with E-state index in [-0.39, 0.29) is 6.04 Å². The fraction of sp³-hybridized carbons (Fsp3) is 0.455. The summed E-state index contributed by atoms with van der Waals surface area (Å²) in [6.45, 7) is 2.10. The summed E-state index contributed by atoms with van der Waals surface area (Å²) in [5.74, 6) is 0.904. The van der Waals surface area contributed by atoms with Crippen LogP contribution < -0.4 is 10.5 Å². The van der Waals surface area contributed by atoms with Gasteiger partial charge in [-0.15, -0.1) is 0 Å². The van der Waals surface area contributed by atoms with Gasteiger partial charge in [0.2, 0.25) is 0 Å². The van der Waals surface area contributed by atoms with Crippen molar-refractivity contribution < 1.29 is 4.74 Å². The lowest BCUT2D eigenvalue weighted by Gasteiger charge is -2.09. The molecule has 0 aliphatic rings. The van der Waals surface area contributed by atoms with Crippen LogP contribution in [0.5, 0.6) is 5.75 Å². The molecule has 2 N–H and O–H groups in total. The van der Waals surface area contributed by atoms with E-state index < -0.39 is 0 Å². The second-order valence-electron chi connectivity index (χ2n) is 3.22. The first-order chi connectivity index (χ1) is 6.26. The highest BCUT2D eigenvalue weighted by Gasteiger charge is 2.01. The van der Waals surface area contributed by atoms with Gasteiger partial charge in [-0.2, -0.15) is 0 Å². The molecule has 1 aromatic rings. The van der Waals surface area contributed by atoms with Crippen LogP contribution in [0.25, 0.3) is 0 Å². The predicted octanol–water partition coefficient (Wildman–Crippen LogP) is 1.98. The Morgan fingerprint density at radius 3 is 2.85 bits per heavy atom. The maximum atomic E-state index is 5.86. The van der Waals surface area contributed by atoms with Crippen molar-refractivity contribution >= 4 is 0 Å². The fourth-order valence-corrected chi connectivity index (χ4v) is 1.25. The summed E-state index contributed by atoms with van der Waals surface area (Å²) in [4.78, 5) is 0.